The third-order valence-corrected chi connectivity index (χ3v) is 1.48. The summed E-state index contributed by atoms with van der Waals surface area (Å²) in [5, 5.41) is 0. The van der Waals surface area contributed by atoms with Gasteiger partial charge in [-0.3, -0.25) is 4.79 Å². The summed E-state index contributed by atoms with van der Waals surface area (Å²) in [6.45, 7) is 5.14. The predicted molar refractivity (Wildman–Crippen MR) is 45.6 cm³/mol. The summed E-state index contributed by atoms with van der Waals surface area (Å²) in [5.74, 6) is -0.907. The molecule has 0 unspecified atom stereocenters. The number of hydrogen-bond donors (Lipinski definition) is 0. The Labute approximate surface area is 72.4 Å². The van der Waals surface area contributed by atoms with Gasteiger partial charge in [0.25, 0.3) is 0 Å². The van der Waals surface area contributed by atoms with Crippen molar-refractivity contribution in [2.24, 2.45) is 5.92 Å². The smallest absolute Gasteiger partial charge is 0.341 e. The Morgan fingerprint density at radius 3 is 2.08 bits per heavy atom. The maximum atomic E-state index is 11.3. The van der Waals surface area contributed by atoms with Crippen LogP contribution in [0.1, 0.15) is 20.8 Å². The lowest BCUT2D eigenvalue weighted by Gasteiger charge is -2.05. The molecule has 0 fully saturated rings. The van der Waals surface area contributed by atoms with Gasteiger partial charge in [0, 0.05) is 5.92 Å². The molecule has 0 aliphatic heterocycles. The number of Topliss-reactive ketones (excluding diaryl/α,β-unsaturated/α-hetero) is 1. The van der Waals surface area contributed by atoms with Gasteiger partial charge in [-0.1, -0.05) is 19.9 Å². The first-order chi connectivity index (χ1) is 5.54. The number of ketones is 1. The van der Waals surface area contributed by atoms with Crippen molar-refractivity contribution in [1.29, 1.82) is 0 Å². The van der Waals surface area contributed by atoms with E-state index in [0.717, 1.165) is 0 Å². The zero-order valence-electron chi connectivity index (χ0n) is 7.88. The second-order valence-electron chi connectivity index (χ2n) is 2.71. The van der Waals surface area contributed by atoms with Crippen LogP contribution in [0.2, 0.25) is 0 Å². The van der Waals surface area contributed by atoms with Crippen molar-refractivity contribution in [2.45, 2.75) is 20.8 Å². The SMILES string of the molecule is C/C=C(/C(=O)OC)C(=O)C(C)C. The van der Waals surface area contributed by atoms with Crippen LogP contribution < -0.4 is 0 Å². The maximum absolute atomic E-state index is 11.3. The molecule has 0 saturated heterocycles. The van der Waals surface area contributed by atoms with Gasteiger partial charge < -0.3 is 4.74 Å². The van der Waals surface area contributed by atoms with Crippen LogP contribution in [0.4, 0.5) is 0 Å². The normalized spacial score (nSPS) is 11.6. The van der Waals surface area contributed by atoms with Gasteiger partial charge in [0.15, 0.2) is 5.78 Å². The van der Waals surface area contributed by atoms with Crippen LogP contribution in [0.5, 0.6) is 0 Å². The van der Waals surface area contributed by atoms with Gasteiger partial charge in [-0.2, -0.15) is 0 Å². The number of methoxy groups -OCH3 is 1. The minimum Gasteiger partial charge on any atom is -0.465 e. The van der Waals surface area contributed by atoms with E-state index in [4.69, 9.17) is 0 Å². The summed E-state index contributed by atoms with van der Waals surface area (Å²) < 4.78 is 4.45. The van der Waals surface area contributed by atoms with E-state index in [-0.39, 0.29) is 17.3 Å². The molecule has 0 aliphatic carbocycles. The largest absolute Gasteiger partial charge is 0.465 e. The van der Waals surface area contributed by atoms with E-state index < -0.39 is 5.97 Å². The van der Waals surface area contributed by atoms with E-state index in [0.29, 0.717) is 0 Å². The van der Waals surface area contributed by atoms with Crippen LogP contribution in [0.3, 0.4) is 0 Å². The molecule has 0 atom stereocenters. The highest BCUT2D eigenvalue weighted by Gasteiger charge is 2.19. The van der Waals surface area contributed by atoms with Gasteiger partial charge in [-0.25, -0.2) is 4.79 Å². The summed E-state index contributed by atoms with van der Waals surface area (Å²) in [6.07, 6.45) is 1.48. The molecule has 12 heavy (non-hydrogen) atoms. The Bertz CT molecular complexity index is 214. The minimum absolute atomic E-state index is 0.132. The first kappa shape index (κ1) is 10.9. The Morgan fingerprint density at radius 2 is 1.83 bits per heavy atom. The molecule has 0 rings (SSSR count). The fourth-order valence-electron chi connectivity index (χ4n) is 0.782. The molecule has 68 valence electrons. The molecule has 0 bridgehead atoms. The van der Waals surface area contributed by atoms with Gasteiger partial charge in [0.2, 0.25) is 0 Å². The molecule has 0 aromatic rings. The van der Waals surface area contributed by atoms with Crippen molar-refractivity contribution >= 4 is 11.8 Å². The molecule has 0 amide bonds. The monoisotopic (exact) mass is 170 g/mol. The summed E-state index contributed by atoms with van der Waals surface area (Å²) in [4.78, 5) is 22.3. The fraction of sp³-hybridized carbons (Fsp3) is 0.556. The summed E-state index contributed by atoms with van der Waals surface area (Å²) >= 11 is 0. The van der Waals surface area contributed by atoms with Gasteiger partial charge >= 0.3 is 5.97 Å². The summed E-state index contributed by atoms with van der Waals surface area (Å²) in [7, 11) is 1.26. The molecule has 0 N–H and O–H groups in total. The van der Waals surface area contributed by atoms with E-state index in [1.54, 1.807) is 20.8 Å². The summed E-state index contributed by atoms with van der Waals surface area (Å²) in [5.41, 5.74) is 0.132. The number of hydrogen-bond acceptors (Lipinski definition) is 3. The van der Waals surface area contributed by atoms with Crippen LogP contribution in [-0.4, -0.2) is 18.9 Å². The highest BCUT2D eigenvalue weighted by atomic mass is 16.5. The van der Waals surface area contributed by atoms with Gasteiger partial charge in [-0.15, -0.1) is 0 Å². The summed E-state index contributed by atoms with van der Waals surface area (Å²) in [6, 6.07) is 0. The number of ether oxygens (including phenoxy) is 1. The maximum Gasteiger partial charge on any atom is 0.341 e. The molecule has 0 spiro atoms. The molecule has 0 aromatic carbocycles. The Kier molecular flexibility index (Phi) is 4.26. The van der Waals surface area contributed by atoms with E-state index in [9.17, 15) is 9.59 Å². The molecule has 0 saturated carbocycles. The third kappa shape index (κ3) is 2.49. The van der Waals surface area contributed by atoms with E-state index in [1.807, 2.05) is 0 Å². The fourth-order valence-corrected chi connectivity index (χ4v) is 0.782. The molecular weight excluding hydrogens is 156 g/mol. The molecule has 3 heteroatoms. The van der Waals surface area contributed by atoms with Crippen molar-refractivity contribution in [3.8, 4) is 0 Å². The van der Waals surface area contributed by atoms with Gasteiger partial charge in [0.05, 0.1) is 12.7 Å². The van der Waals surface area contributed by atoms with Crippen molar-refractivity contribution in [1.82, 2.24) is 0 Å². The lowest BCUT2D eigenvalue weighted by molar-refractivity contribution is -0.138. The molecule has 0 radical (unpaired) electrons. The molecule has 0 heterocycles. The van der Waals surface area contributed by atoms with Crippen molar-refractivity contribution in [3.63, 3.8) is 0 Å². The average Bonchev–Trinajstić information content (AvgIpc) is 2.05. The zero-order valence-corrected chi connectivity index (χ0v) is 7.88. The van der Waals surface area contributed by atoms with Crippen LogP contribution in [0.15, 0.2) is 11.6 Å². The van der Waals surface area contributed by atoms with E-state index >= 15 is 0 Å². The second-order valence-corrected chi connectivity index (χ2v) is 2.71. The van der Waals surface area contributed by atoms with Crippen molar-refractivity contribution < 1.29 is 14.3 Å². The Hall–Kier alpha value is -1.12. The minimum atomic E-state index is -0.559. The van der Waals surface area contributed by atoms with E-state index in [2.05, 4.69) is 4.74 Å². The lowest BCUT2D eigenvalue weighted by Crippen LogP contribution is -2.18. The number of rotatable bonds is 3. The van der Waals surface area contributed by atoms with Crippen LogP contribution >= 0.6 is 0 Å². The highest BCUT2D eigenvalue weighted by Crippen LogP contribution is 2.07. The first-order valence-corrected chi connectivity index (χ1v) is 3.83. The first-order valence-electron chi connectivity index (χ1n) is 3.83. The third-order valence-electron chi connectivity index (χ3n) is 1.48. The second kappa shape index (κ2) is 4.70. The Balaban J connectivity index is 4.60. The van der Waals surface area contributed by atoms with Gasteiger partial charge in [-0.05, 0) is 6.92 Å². The topological polar surface area (TPSA) is 43.4 Å². The number of carbonyl (C=O) groups is 2. The Morgan fingerprint density at radius 1 is 1.33 bits per heavy atom. The molecular formula is C9H14O3. The van der Waals surface area contributed by atoms with Gasteiger partial charge in [0.1, 0.15) is 0 Å². The highest BCUT2D eigenvalue weighted by molar-refractivity contribution is 6.17. The predicted octanol–water partition coefficient (Wildman–Crippen LogP) is 1.33. The number of esters is 1. The standard InChI is InChI=1S/C9H14O3/c1-5-7(9(11)12-4)8(10)6(2)3/h5-6H,1-4H3/b7-5+. The van der Waals surface area contributed by atoms with Crippen LogP contribution in [0, 0.1) is 5.92 Å². The zero-order chi connectivity index (χ0) is 9.72. The number of carbonyl (C=O) groups excluding carboxylic acids is 2. The van der Waals surface area contributed by atoms with Crippen molar-refractivity contribution in [2.75, 3.05) is 7.11 Å². The quantitative estimate of drug-likeness (QED) is 0.278. The molecule has 3 nitrogen and oxygen atoms in total. The average molecular weight is 170 g/mol. The lowest BCUT2D eigenvalue weighted by atomic mass is 10.0. The number of allylic oxidation sites excluding steroid dienone is 1. The molecule has 0 aromatic heterocycles. The molecule has 0 aliphatic rings. The van der Waals surface area contributed by atoms with E-state index in [1.165, 1.54) is 13.2 Å². The van der Waals surface area contributed by atoms with Crippen LogP contribution in [0.25, 0.3) is 0 Å². The van der Waals surface area contributed by atoms with Crippen LogP contribution in [-0.2, 0) is 14.3 Å². The van der Waals surface area contributed by atoms with Crippen molar-refractivity contribution in [3.05, 3.63) is 11.6 Å².